The van der Waals surface area contributed by atoms with Crippen LogP contribution in [0.15, 0.2) is 12.1 Å². The molecule has 100 valence electrons. The fourth-order valence-corrected chi connectivity index (χ4v) is 2.75. The largest absolute Gasteiger partial charge is 0.493 e. The van der Waals surface area contributed by atoms with Gasteiger partial charge in [0.2, 0.25) is 0 Å². The summed E-state index contributed by atoms with van der Waals surface area (Å²) in [6.07, 6.45) is 4.85. The summed E-state index contributed by atoms with van der Waals surface area (Å²) in [6.45, 7) is 2.90. The molecular weight excluding hydrogens is 226 g/mol. The van der Waals surface area contributed by atoms with E-state index < -0.39 is 0 Å². The van der Waals surface area contributed by atoms with Crippen LogP contribution < -0.4 is 15.2 Å². The average molecular weight is 249 g/mol. The molecule has 0 aliphatic heterocycles. The van der Waals surface area contributed by atoms with Crippen LogP contribution >= 0.6 is 0 Å². The highest BCUT2D eigenvalue weighted by Gasteiger charge is 2.36. The molecule has 0 heterocycles. The predicted molar refractivity (Wildman–Crippen MR) is 73.3 cm³/mol. The molecular formula is C15H23NO2. The Morgan fingerprint density at radius 2 is 1.78 bits per heavy atom. The number of hydrogen-bond acceptors (Lipinski definition) is 3. The molecule has 3 nitrogen and oxygen atoms in total. The van der Waals surface area contributed by atoms with Crippen molar-refractivity contribution in [3.05, 3.63) is 23.3 Å². The van der Waals surface area contributed by atoms with Crippen LogP contribution in [0.1, 0.15) is 30.4 Å². The van der Waals surface area contributed by atoms with Crippen molar-refractivity contribution in [2.45, 2.75) is 32.6 Å². The Labute approximate surface area is 109 Å². The topological polar surface area (TPSA) is 44.5 Å². The monoisotopic (exact) mass is 249 g/mol. The van der Waals surface area contributed by atoms with Crippen LogP contribution in [-0.4, -0.2) is 20.8 Å². The third-order valence-electron chi connectivity index (χ3n) is 4.25. The van der Waals surface area contributed by atoms with E-state index >= 15 is 0 Å². The molecule has 0 spiro atoms. The molecule has 0 saturated heterocycles. The van der Waals surface area contributed by atoms with E-state index in [1.807, 2.05) is 0 Å². The Bertz CT molecular complexity index is 419. The second kappa shape index (κ2) is 5.19. The zero-order chi connectivity index (χ0) is 13.2. The van der Waals surface area contributed by atoms with E-state index in [0.29, 0.717) is 5.41 Å². The van der Waals surface area contributed by atoms with Gasteiger partial charge in [0, 0.05) is 0 Å². The summed E-state index contributed by atoms with van der Waals surface area (Å²) in [5, 5.41) is 0. The van der Waals surface area contributed by atoms with Crippen molar-refractivity contribution in [3.63, 3.8) is 0 Å². The zero-order valence-electron chi connectivity index (χ0n) is 11.6. The second-order valence-corrected chi connectivity index (χ2v) is 5.37. The Morgan fingerprint density at radius 3 is 2.22 bits per heavy atom. The van der Waals surface area contributed by atoms with Gasteiger partial charge in [0.05, 0.1) is 14.2 Å². The molecule has 0 unspecified atom stereocenters. The number of hydrogen-bond donors (Lipinski definition) is 1. The molecule has 1 aromatic rings. The Balaban J connectivity index is 2.27. The molecule has 2 N–H and O–H groups in total. The minimum atomic E-state index is 0.324. The maximum Gasteiger partial charge on any atom is 0.161 e. The minimum absolute atomic E-state index is 0.324. The van der Waals surface area contributed by atoms with Crippen LogP contribution in [-0.2, 0) is 6.42 Å². The Hall–Kier alpha value is -1.22. The van der Waals surface area contributed by atoms with Gasteiger partial charge in [0.1, 0.15) is 0 Å². The maximum absolute atomic E-state index is 5.94. The molecule has 1 aliphatic carbocycles. The molecule has 1 aliphatic rings. The molecule has 0 bridgehead atoms. The fraction of sp³-hybridized carbons (Fsp3) is 0.600. The maximum atomic E-state index is 5.94. The molecule has 3 heteroatoms. The molecule has 1 aromatic carbocycles. The summed E-state index contributed by atoms with van der Waals surface area (Å²) >= 11 is 0. The lowest BCUT2D eigenvalue weighted by Gasteiger charge is -2.41. The Morgan fingerprint density at radius 1 is 1.17 bits per heavy atom. The lowest BCUT2D eigenvalue weighted by atomic mass is 9.65. The van der Waals surface area contributed by atoms with Crippen LogP contribution in [0, 0.1) is 12.3 Å². The summed E-state index contributed by atoms with van der Waals surface area (Å²) < 4.78 is 10.7. The van der Waals surface area contributed by atoms with Gasteiger partial charge in [0.15, 0.2) is 11.5 Å². The number of aryl methyl sites for hydroxylation is 1. The number of benzene rings is 1. The average Bonchev–Trinajstić information content (AvgIpc) is 2.35. The number of ether oxygens (including phenoxy) is 2. The van der Waals surface area contributed by atoms with Crippen molar-refractivity contribution in [3.8, 4) is 11.5 Å². The lowest BCUT2D eigenvalue weighted by molar-refractivity contribution is 0.144. The SMILES string of the molecule is COc1cc(C)c(CC2(CN)CCC2)cc1OC. The first-order valence-corrected chi connectivity index (χ1v) is 6.56. The summed E-state index contributed by atoms with van der Waals surface area (Å²) in [5.74, 6) is 1.61. The van der Waals surface area contributed by atoms with E-state index in [-0.39, 0.29) is 0 Å². The summed E-state index contributed by atoms with van der Waals surface area (Å²) in [6, 6.07) is 4.15. The molecule has 0 amide bonds. The van der Waals surface area contributed by atoms with Crippen molar-refractivity contribution in [2.24, 2.45) is 11.1 Å². The molecule has 18 heavy (non-hydrogen) atoms. The van der Waals surface area contributed by atoms with Crippen LogP contribution in [0.3, 0.4) is 0 Å². The molecule has 1 fully saturated rings. The van der Waals surface area contributed by atoms with Crippen molar-refractivity contribution in [1.82, 2.24) is 0 Å². The summed E-state index contributed by atoms with van der Waals surface area (Å²) in [7, 11) is 3.35. The smallest absolute Gasteiger partial charge is 0.161 e. The Kier molecular flexibility index (Phi) is 3.81. The van der Waals surface area contributed by atoms with Crippen LogP contribution in [0.5, 0.6) is 11.5 Å². The van der Waals surface area contributed by atoms with Gasteiger partial charge >= 0.3 is 0 Å². The quantitative estimate of drug-likeness (QED) is 0.872. The minimum Gasteiger partial charge on any atom is -0.493 e. The first-order valence-electron chi connectivity index (χ1n) is 6.56. The summed E-state index contributed by atoms with van der Waals surface area (Å²) in [5.41, 5.74) is 8.85. The molecule has 0 radical (unpaired) electrons. The van der Waals surface area contributed by atoms with Crippen LogP contribution in [0.2, 0.25) is 0 Å². The van der Waals surface area contributed by atoms with Crippen molar-refractivity contribution >= 4 is 0 Å². The van der Waals surface area contributed by atoms with E-state index in [2.05, 4.69) is 19.1 Å². The third-order valence-corrected chi connectivity index (χ3v) is 4.25. The van der Waals surface area contributed by atoms with Crippen molar-refractivity contribution < 1.29 is 9.47 Å². The van der Waals surface area contributed by atoms with Gasteiger partial charge in [-0.3, -0.25) is 0 Å². The third kappa shape index (κ3) is 2.32. The fourth-order valence-electron chi connectivity index (χ4n) is 2.75. The lowest BCUT2D eigenvalue weighted by Crippen LogP contribution is -2.39. The zero-order valence-corrected chi connectivity index (χ0v) is 11.6. The second-order valence-electron chi connectivity index (χ2n) is 5.37. The molecule has 1 saturated carbocycles. The van der Waals surface area contributed by atoms with Gasteiger partial charge in [-0.05, 0) is 61.4 Å². The molecule has 2 rings (SSSR count). The first-order chi connectivity index (χ1) is 8.64. The van der Waals surface area contributed by atoms with Gasteiger partial charge in [-0.1, -0.05) is 6.42 Å². The van der Waals surface area contributed by atoms with Gasteiger partial charge in [-0.2, -0.15) is 0 Å². The highest BCUT2D eigenvalue weighted by Crippen LogP contribution is 2.44. The molecule has 0 aromatic heterocycles. The van der Waals surface area contributed by atoms with E-state index in [4.69, 9.17) is 15.2 Å². The highest BCUT2D eigenvalue weighted by molar-refractivity contribution is 5.47. The summed E-state index contributed by atoms with van der Waals surface area (Å²) in [4.78, 5) is 0. The van der Waals surface area contributed by atoms with Crippen LogP contribution in [0.25, 0.3) is 0 Å². The number of nitrogens with two attached hydrogens (primary N) is 1. The van der Waals surface area contributed by atoms with Crippen molar-refractivity contribution in [2.75, 3.05) is 20.8 Å². The number of rotatable bonds is 5. The van der Waals surface area contributed by atoms with Crippen LogP contribution in [0.4, 0.5) is 0 Å². The van der Waals surface area contributed by atoms with Gasteiger partial charge < -0.3 is 15.2 Å². The van der Waals surface area contributed by atoms with Crippen molar-refractivity contribution in [1.29, 1.82) is 0 Å². The normalized spacial score (nSPS) is 17.1. The van der Waals surface area contributed by atoms with E-state index in [9.17, 15) is 0 Å². The first kappa shape index (κ1) is 13.2. The predicted octanol–water partition coefficient (Wildman–Crippen LogP) is 2.68. The highest BCUT2D eigenvalue weighted by atomic mass is 16.5. The van der Waals surface area contributed by atoms with Gasteiger partial charge in [0.25, 0.3) is 0 Å². The van der Waals surface area contributed by atoms with E-state index in [1.54, 1.807) is 14.2 Å². The van der Waals surface area contributed by atoms with Gasteiger partial charge in [-0.25, -0.2) is 0 Å². The van der Waals surface area contributed by atoms with E-state index in [0.717, 1.165) is 24.5 Å². The molecule has 0 atom stereocenters. The standard InChI is InChI=1S/C15H23NO2/c1-11-7-13(17-2)14(18-3)8-12(11)9-15(10-16)5-4-6-15/h7-8H,4-6,9-10,16H2,1-3H3. The number of methoxy groups -OCH3 is 2. The van der Waals surface area contributed by atoms with Gasteiger partial charge in [-0.15, -0.1) is 0 Å². The van der Waals surface area contributed by atoms with E-state index in [1.165, 1.54) is 30.4 Å².